The number of carbonyl (C=O) groups excluding carboxylic acids is 1. The second-order valence-electron chi connectivity index (χ2n) is 6.08. The molecule has 27 heavy (non-hydrogen) atoms. The molecule has 0 aliphatic carbocycles. The van der Waals surface area contributed by atoms with E-state index >= 15 is 0 Å². The molecule has 0 unspecified atom stereocenters. The lowest BCUT2D eigenvalue weighted by molar-refractivity contribution is 0.0951. The van der Waals surface area contributed by atoms with Gasteiger partial charge in [-0.3, -0.25) is 4.79 Å². The zero-order valence-corrected chi connectivity index (χ0v) is 15.8. The van der Waals surface area contributed by atoms with Crippen LogP contribution in [0.3, 0.4) is 0 Å². The van der Waals surface area contributed by atoms with Gasteiger partial charge in [-0.2, -0.15) is 4.72 Å². The molecule has 0 spiro atoms. The molecule has 0 bridgehead atoms. The van der Waals surface area contributed by atoms with Gasteiger partial charge in [0, 0.05) is 10.4 Å². The zero-order valence-electron chi connectivity index (χ0n) is 14.2. The third-order valence-electron chi connectivity index (χ3n) is 4.26. The molecule has 3 N–H and O–H groups in total. The average Bonchev–Trinajstić information content (AvgIpc) is 3.19. The molecule has 3 aromatic rings. The Morgan fingerprint density at radius 2 is 1.81 bits per heavy atom. The molecule has 1 atom stereocenters. The topological polar surface area (TPSA) is 87.3 Å². The molecular weight excluding hydrogens is 382 g/mol. The SMILES string of the molecule is O=C(NCc1cccs1)c1ccc([C@H]2Nc3ccccc3S(=O)(=O)N2)cc1. The number of hydrogen-bond acceptors (Lipinski definition) is 5. The van der Waals surface area contributed by atoms with Crippen molar-refractivity contribution in [1.29, 1.82) is 0 Å². The second-order valence-corrected chi connectivity index (χ2v) is 8.79. The Bertz CT molecular complexity index is 1060. The number of rotatable bonds is 4. The molecule has 1 amide bonds. The minimum atomic E-state index is -3.59. The first-order valence-electron chi connectivity index (χ1n) is 8.31. The van der Waals surface area contributed by atoms with Crippen LogP contribution < -0.4 is 15.4 Å². The molecule has 6 nitrogen and oxygen atoms in total. The van der Waals surface area contributed by atoms with Crippen LogP contribution in [0.5, 0.6) is 0 Å². The molecule has 0 saturated carbocycles. The van der Waals surface area contributed by atoms with Crippen LogP contribution in [-0.2, 0) is 16.6 Å². The number of fused-ring (bicyclic) bond motifs is 1. The van der Waals surface area contributed by atoms with Crippen LogP contribution in [0.4, 0.5) is 5.69 Å². The Hall–Kier alpha value is -2.68. The standard InChI is InChI=1S/C19H17N3O3S2/c23-19(20-12-15-4-3-11-26-15)14-9-7-13(8-10-14)18-21-16-5-1-2-6-17(16)27(24,25)22-18/h1-11,18,21-22H,12H2,(H,20,23)/t18-/m0/s1. The highest BCUT2D eigenvalue weighted by molar-refractivity contribution is 7.89. The maximum atomic E-state index is 12.4. The third kappa shape index (κ3) is 3.73. The number of amides is 1. The Morgan fingerprint density at radius 3 is 2.56 bits per heavy atom. The smallest absolute Gasteiger partial charge is 0.251 e. The molecule has 2 heterocycles. The number of hydrogen-bond donors (Lipinski definition) is 3. The number of anilines is 1. The van der Waals surface area contributed by atoms with Crippen LogP contribution in [0.1, 0.15) is 27.0 Å². The molecular formula is C19H17N3O3S2. The molecule has 1 aliphatic heterocycles. The lowest BCUT2D eigenvalue weighted by Crippen LogP contribution is -2.38. The normalized spacial score (nSPS) is 17.6. The molecule has 0 fully saturated rings. The van der Waals surface area contributed by atoms with Gasteiger partial charge in [0.2, 0.25) is 10.0 Å². The fourth-order valence-corrected chi connectivity index (χ4v) is 4.84. The maximum absolute atomic E-state index is 12.4. The predicted molar refractivity (Wildman–Crippen MR) is 105 cm³/mol. The highest BCUT2D eigenvalue weighted by Crippen LogP contribution is 2.30. The molecule has 138 valence electrons. The van der Waals surface area contributed by atoms with Crippen molar-refractivity contribution >= 4 is 33.0 Å². The minimum absolute atomic E-state index is 0.169. The summed E-state index contributed by atoms with van der Waals surface area (Å²) in [5.41, 5.74) is 1.80. The Labute approximate surface area is 161 Å². The van der Waals surface area contributed by atoms with Crippen molar-refractivity contribution in [3.63, 3.8) is 0 Å². The summed E-state index contributed by atoms with van der Waals surface area (Å²) in [7, 11) is -3.59. The Balaban J connectivity index is 1.49. The molecule has 4 rings (SSSR count). The highest BCUT2D eigenvalue weighted by Gasteiger charge is 2.29. The number of sulfonamides is 1. The van der Waals surface area contributed by atoms with Crippen LogP contribution >= 0.6 is 11.3 Å². The largest absolute Gasteiger partial charge is 0.364 e. The van der Waals surface area contributed by atoms with Gasteiger partial charge in [0.1, 0.15) is 11.1 Å². The van der Waals surface area contributed by atoms with E-state index in [0.29, 0.717) is 17.8 Å². The van der Waals surface area contributed by atoms with Crippen molar-refractivity contribution in [3.05, 3.63) is 82.0 Å². The van der Waals surface area contributed by atoms with E-state index in [0.717, 1.165) is 10.4 Å². The van der Waals surface area contributed by atoms with Gasteiger partial charge in [-0.25, -0.2) is 8.42 Å². The Kier molecular flexibility index (Phi) is 4.69. The van der Waals surface area contributed by atoms with Crippen LogP contribution in [0.2, 0.25) is 0 Å². The lowest BCUT2D eigenvalue weighted by Gasteiger charge is -2.28. The summed E-state index contributed by atoms with van der Waals surface area (Å²) >= 11 is 1.59. The van der Waals surface area contributed by atoms with Crippen molar-refractivity contribution < 1.29 is 13.2 Å². The van der Waals surface area contributed by atoms with E-state index in [1.165, 1.54) is 0 Å². The summed E-state index contributed by atoms with van der Waals surface area (Å²) in [4.78, 5) is 13.6. The second kappa shape index (κ2) is 7.15. The van der Waals surface area contributed by atoms with E-state index in [-0.39, 0.29) is 10.8 Å². The van der Waals surface area contributed by atoms with Gasteiger partial charge in [0.15, 0.2) is 0 Å². The van der Waals surface area contributed by atoms with Crippen LogP contribution in [0.25, 0.3) is 0 Å². The van der Waals surface area contributed by atoms with E-state index < -0.39 is 16.2 Å². The highest BCUT2D eigenvalue weighted by atomic mass is 32.2. The van der Waals surface area contributed by atoms with Crippen molar-refractivity contribution in [3.8, 4) is 0 Å². The van der Waals surface area contributed by atoms with Gasteiger partial charge in [0.25, 0.3) is 5.91 Å². The molecule has 1 aliphatic rings. The van der Waals surface area contributed by atoms with E-state index in [4.69, 9.17) is 0 Å². The van der Waals surface area contributed by atoms with Crippen LogP contribution in [-0.4, -0.2) is 14.3 Å². The van der Waals surface area contributed by atoms with E-state index in [1.807, 2.05) is 17.5 Å². The minimum Gasteiger partial charge on any atom is -0.364 e. The van der Waals surface area contributed by atoms with E-state index in [1.54, 1.807) is 59.9 Å². The molecule has 2 aromatic carbocycles. The first-order chi connectivity index (χ1) is 13.0. The van der Waals surface area contributed by atoms with Crippen molar-refractivity contribution in [1.82, 2.24) is 10.0 Å². The van der Waals surface area contributed by atoms with Gasteiger partial charge in [-0.15, -0.1) is 11.3 Å². The fraction of sp³-hybridized carbons (Fsp3) is 0.105. The van der Waals surface area contributed by atoms with Gasteiger partial charge < -0.3 is 10.6 Å². The van der Waals surface area contributed by atoms with Crippen molar-refractivity contribution in [2.24, 2.45) is 0 Å². The molecule has 0 saturated heterocycles. The Morgan fingerprint density at radius 1 is 1.04 bits per heavy atom. The van der Waals surface area contributed by atoms with Gasteiger partial charge in [-0.05, 0) is 41.3 Å². The summed E-state index contributed by atoms with van der Waals surface area (Å²) in [6.07, 6.45) is -0.590. The predicted octanol–water partition coefficient (Wildman–Crippen LogP) is 3.08. The van der Waals surface area contributed by atoms with E-state index in [2.05, 4.69) is 15.4 Å². The molecule has 0 radical (unpaired) electrons. The van der Waals surface area contributed by atoms with Crippen LogP contribution in [0.15, 0.2) is 70.9 Å². The maximum Gasteiger partial charge on any atom is 0.251 e. The molecule has 1 aromatic heterocycles. The number of thiophene rings is 1. The zero-order chi connectivity index (χ0) is 18.9. The number of carbonyl (C=O) groups is 1. The number of benzene rings is 2. The first kappa shape index (κ1) is 17.7. The van der Waals surface area contributed by atoms with Crippen molar-refractivity contribution in [2.45, 2.75) is 17.6 Å². The van der Waals surface area contributed by atoms with Gasteiger partial charge in [0.05, 0.1) is 12.2 Å². The lowest BCUT2D eigenvalue weighted by atomic mass is 10.1. The van der Waals surface area contributed by atoms with Gasteiger partial charge >= 0.3 is 0 Å². The monoisotopic (exact) mass is 399 g/mol. The van der Waals surface area contributed by atoms with Gasteiger partial charge in [-0.1, -0.05) is 30.3 Å². The fourth-order valence-electron chi connectivity index (χ4n) is 2.88. The average molecular weight is 399 g/mol. The van der Waals surface area contributed by atoms with Crippen molar-refractivity contribution in [2.75, 3.05) is 5.32 Å². The summed E-state index contributed by atoms with van der Waals surface area (Å²) in [5.74, 6) is -0.169. The quantitative estimate of drug-likeness (QED) is 0.629. The van der Waals surface area contributed by atoms with E-state index in [9.17, 15) is 13.2 Å². The molecule has 8 heteroatoms. The third-order valence-corrected chi connectivity index (χ3v) is 6.62. The summed E-state index contributed by atoms with van der Waals surface area (Å²) < 4.78 is 27.5. The summed E-state index contributed by atoms with van der Waals surface area (Å²) in [6.45, 7) is 0.485. The van der Waals surface area contributed by atoms with Crippen LogP contribution in [0, 0.1) is 0 Å². The summed E-state index contributed by atoms with van der Waals surface area (Å²) in [5, 5.41) is 8.01. The first-order valence-corrected chi connectivity index (χ1v) is 10.7. The number of para-hydroxylation sites is 1. The number of nitrogens with one attached hydrogen (secondary N) is 3. The summed E-state index contributed by atoms with van der Waals surface area (Å²) in [6, 6.07) is 17.5.